The van der Waals surface area contributed by atoms with Crippen molar-refractivity contribution < 1.29 is 18.7 Å². The summed E-state index contributed by atoms with van der Waals surface area (Å²) in [5.74, 6) is 0.0500. The van der Waals surface area contributed by atoms with E-state index in [-0.39, 0.29) is 18.2 Å². The number of hydrogen-bond acceptors (Lipinski definition) is 6. The van der Waals surface area contributed by atoms with Crippen molar-refractivity contribution in [1.82, 2.24) is 15.6 Å². The lowest BCUT2D eigenvalue weighted by Gasteiger charge is -2.07. The highest BCUT2D eigenvalue weighted by Crippen LogP contribution is 2.19. The SMILES string of the molecule is Nc1ccc(-c2nc(C(=O)NCCCCNC(=O)OCc3ccccc3)co2)cc1. The van der Waals surface area contributed by atoms with Crippen LogP contribution in [0.5, 0.6) is 0 Å². The number of nitrogens with zero attached hydrogens (tertiary/aromatic N) is 1. The fraction of sp³-hybridized carbons (Fsp3) is 0.227. The molecule has 0 radical (unpaired) electrons. The van der Waals surface area contributed by atoms with Crippen molar-refractivity contribution in [1.29, 1.82) is 0 Å². The van der Waals surface area contributed by atoms with Gasteiger partial charge in [0.25, 0.3) is 5.91 Å². The molecular formula is C22H24N4O4. The molecule has 3 rings (SSSR count). The molecule has 0 saturated carbocycles. The Bertz CT molecular complexity index is 955. The van der Waals surface area contributed by atoms with Crippen LogP contribution < -0.4 is 16.4 Å². The van der Waals surface area contributed by atoms with Gasteiger partial charge in [-0.1, -0.05) is 30.3 Å². The maximum Gasteiger partial charge on any atom is 0.407 e. The van der Waals surface area contributed by atoms with Gasteiger partial charge in [-0.3, -0.25) is 4.79 Å². The number of rotatable bonds is 9. The summed E-state index contributed by atoms with van der Waals surface area (Å²) >= 11 is 0. The van der Waals surface area contributed by atoms with Gasteiger partial charge >= 0.3 is 6.09 Å². The van der Waals surface area contributed by atoms with Gasteiger partial charge in [0.15, 0.2) is 5.69 Å². The molecule has 0 bridgehead atoms. The Morgan fingerprint density at radius 1 is 0.967 bits per heavy atom. The van der Waals surface area contributed by atoms with E-state index in [1.807, 2.05) is 30.3 Å². The van der Waals surface area contributed by atoms with E-state index in [2.05, 4.69) is 15.6 Å². The van der Waals surface area contributed by atoms with Gasteiger partial charge in [-0.15, -0.1) is 0 Å². The summed E-state index contributed by atoms with van der Waals surface area (Å²) in [5, 5.41) is 5.47. The maximum absolute atomic E-state index is 12.2. The van der Waals surface area contributed by atoms with Crippen LogP contribution in [0.4, 0.5) is 10.5 Å². The summed E-state index contributed by atoms with van der Waals surface area (Å²) in [6, 6.07) is 16.5. The molecule has 0 aliphatic rings. The van der Waals surface area contributed by atoms with Crippen LogP contribution in [0.15, 0.2) is 65.3 Å². The van der Waals surface area contributed by atoms with Gasteiger partial charge < -0.3 is 25.5 Å². The van der Waals surface area contributed by atoms with Crippen molar-refractivity contribution >= 4 is 17.7 Å². The van der Waals surface area contributed by atoms with Crippen molar-refractivity contribution in [3.8, 4) is 11.5 Å². The van der Waals surface area contributed by atoms with Gasteiger partial charge in [0.2, 0.25) is 5.89 Å². The summed E-state index contributed by atoms with van der Waals surface area (Å²) in [4.78, 5) is 28.0. The number of nitrogen functional groups attached to an aromatic ring is 1. The van der Waals surface area contributed by atoms with Gasteiger partial charge in [0.1, 0.15) is 12.9 Å². The first-order valence-electron chi connectivity index (χ1n) is 9.66. The summed E-state index contributed by atoms with van der Waals surface area (Å²) in [6.45, 7) is 1.16. The highest BCUT2D eigenvalue weighted by Gasteiger charge is 2.13. The minimum Gasteiger partial charge on any atom is -0.445 e. The zero-order chi connectivity index (χ0) is 21.2. The number of ether oxygens (including phenoxy) is 1. The highest BCUT2D eigenvalue weighted by atomic mass is 16.5. The third-order valence-corrected chi connectivity index (χ3v) is 4.27. The largest absolute Gasteiger partial charge is 0.445 e. The molecule has 2 amide bonds. The van der Waals surface area contributed by atoms with Gasteiger partial charge in [-0.25, -0.2) is 9.78 Å². The van der Waals surface area contributed by atoms with E-state index >= 15 is 0 Å². The van der Waals surface area contributed by atoms with Crippen molar-refractivity contribution in [2.45, 2.75) is 19.4 Å². The number of anilines is 1. The zero-order valence-electron chi connectivity index (χ0n) is 16.5. The van der Waals surface area contributed by atoms with E-state index in [0.29, 0.717) is 37.5 Å². The van der Waals surface area contributed by atoms with Crippen LogP contribution in [0.2, 0.25) is 0 Å². The summed E-state index contributed by atoms with van der Waals surface area (Å²) in [7, 11) is 0. The number of carbonyl (C=O) groups excluding carboxylic acids is 2. The third kappa shape index (κ3) is 6.37. The smallest absolute Gasteiger partial charge is 0.407 e. The topological polar surface area (TPSA) is 119 Å². The Balaban J connectivity index is 1.29. The second-order valence-electron chi connectivity index (χ2n) is 6.61. The first kappa shape index (κ1) is 20.9. The highest BCUT2D eigenvalue weighted by molar-refractivity contribution is 5.92. The molecule has 0 saturated heterocycles. The predicted molar refractivity (Wildman–Crippen MR) is 113 cm³/mol. The van der Waals surface area contributed by atoms with E-state index in [1.165, 1.54) is 6.26 Å². The lowest BCUT2D eigenvalue weighted by atomic mass is 10.2. The van der Waals surface area contributed by atoms with Crippen molar-refractivity contribution in [3.63, 3.8) is 0 Å². The average Bonchev–Trinajstić information content (AvgIpc) is 3.26. The van der Waals surface area contributed by atoms with Gasteiger partial charge in [0, 0.05) is 24.3 Å². The molecule has 0 atom stereocenters. The minimum absolute atomic E-state index is 0.212. The van der Waals surface area contributed by atoms with Gasteiger partial charge in [-0.05, 0) is 42.7 Å². The van der Waals surface area contributed by atoms with Gasteiger partial charge in [-0.2, -0.15) is 0 Å². The average molecular weight is 408 g/mol. The zero-order valence-corrected chi connectivity index (χ0v) is 16.5. The molecule has 0 aliphatic carbocycles. The fourth-order valence-electron chi connectivity index (χ4n) is 2.64. The number of alkyl carbamates (subject to hydrolysis) is 1. The Hall–Kier alpha value is -3.81. The molecule has 0 fully saturated rings. The standard InChI is InChI=1S/C22H24N4O4/c23-18-10-8-17(9-11-18)21-26-19(15-29-21)20(27)24-12-4-5-13-25-22(28)30-14-16-6-2-1-3-7-16/h1-3,6-11,15H,4-5,12-14,23H2,(H,24,27)(H,25,28). The van der Waals surface area contributed by atoms with Crippen LogP contribution in [-0.2, 0) is 11.3 Å². The Kier molecular flexibility index (Phi) is 7.43. The number of oxazole rings is 1. The normalized spacial score (nSPS) is 10.4. The lowest BCUT2D eigenvalue weighted by Crippen LogP contribution is -2.27. The first-order valence-corrected chi connectivity index (χ1v) is 9.66. The monoisotopic (exact) mass is 408 g/mol. The summed E-state index contributed by atoms with van der Waals surface area (Å²) in [5.41, 5.74) is 8.19. The first-order chi connectivity index (χ1) is 14.6. The van der Waals surface area contributed by atoms with Crippen molar-refractivity contribution in [2.24, 2.45) is 0 Å². The number of carbonyl (C=O) groups is 2. The molecule has 2 aromatic carbocycles. The molecule has 3 aromatic rings. The molecule has 0 aliphatic heterocycles. The van der Waals surface area contributed by atoms with Crippen LogP contribution in [0.3, 0.4) is 0 Å². The number of benzene rings is 2. The van der Waals surface area contributed by atoms with Crippen molar-refractivity contribution in [3.05, 3.63) is 72.1 Å². The van der Waals surface area contributed by atoms with E-state index in [0.717, 1.165) is 11.1 Å². The Morgan fingerprint density at radius 3 is 2.40 bits per heavy atom. The number of unbranched alkanes of at least 4 members (excludes halogenated alkanes) is 1. The second-order valence-corrected chi connectivity index (χ2v) is 6.61. The predicted octanol–water partition coefficient (Wildman–Crippen LogP) is 3.36. The molecular weight excluding hydrogens is 384 g/mol. The molecule has 1 heterocycles. The van der Waals surface area contributed by atoms with Crippen LogP contribution in [-0.4, -0.2) is 30.1 Å². The number of hydrogen-bond donors (Lipinski definition) is 3. The molecule has 4 N–H and O–H groups in total. The quantitative estimate of drug-likeness (QED) is 0.369. The van der Waals surface area contributed by atoms with E-state index in [9.17, 15) is 9.59 Å². The molecule has 1 aromatic heterocycles. The Morgan fingerprint density at radius 2 is 1.67 bits per heavy atom. The van der Waals surface area contributed by atoms with E-state index in [1.54, 1.807) is 24.3 Å². The Labute approximate surface area is 174 Å². The lowest BCUT2D eigenvalue weighted by molar-refractivity contribution is 0.0947. The number of aromatic nitrogens is 1. The maximum atomic E-state index is 12.2. The number of nitrogens with two attached hydrogens (primary N) is 1. The van der Waals surface area contributed by atoms with Crippen LogP contribution in [0.1, 0.15) is 28.9 Å². The number of amides is 2. The molecule has 8 nitrogen and oxygen atoms in total. The van der Waals surface area contributed by atoms with Gasteiger partial charge in [0.05, 0.1) is 0 Å². The van der Waals surface area contributed by atoms with E-state index in [4.69, 9.17) is 14.9 Å². The molecule has 0 unspecified atom stereocenters. The number of nitrogens with one attached hydrogen (secondary N) is 2. The molecule has 0 spiro atoms. The van der Waals surface area contributed by atoms with Crippen LogP contribution in [0, 0.1) is 0 Å². The van der Waals surface area contributed by atoms with E-state index < -0.39 is 6.09 Å². The third-order valence-electron chi connectivity index (χ3n) is 4.27. The van der Waals surface area contributed by atoms with Crippen LogP contribution >= 0.6 is 0 Å². The van der Waals surface area contributed by atoms with Crippen LogP contribution in [0.25, 0.3) is 11.5 Å². The summed E-state index contributed by atoms with van der Waals surface area (Å²) < 4.78 is 10.5. The van der Waals surface area contributed by atoms with Crippen molar-refractivity contribution in [2.75, 3.05) is 18.8 Å². The molecule has 156 valence electrons. The molecule has 8 heteroatoms. The summed E-state index contributed by atoms with van der Waals surface area (Å²) in [6.07, 6.45) is 2.27. The minimum atomic E-state index is -0.458. The molecule has 30 heavy (non-hydrogen) atoms. The fourth-order valence-corrected chi connectivity index (χ4v) is 2.64. The second kappa shape index (κ2) is 10.7.